The van der Waals surface area contributed by atoms with E-state index in [9.17, 15) is 4.79 Å². The van der Waals surface area contributed by atoms with E-state index in [0.717, 1.165) is 23.9 Å². The first-order chi connectivity index (χ1) is 9.22. The molecule has 1 N–H and O–H groups in total. The zero-order valence-electron chi connectivity index (χ0n) is 10.8. The molecule has 5 heteroatoms. The summed E-state index contributed by atoms with van der Waals surface area (Å²) in [6, 6.07) is 4.58. The smallest absolute Gasteiger partial charge is 0.270 e. The average molecular weight is 324 g/mol. The van der Waals surface area contributed by atoms with Gasteiger partial charge in [-0.15, -0.1) is 0 Å². The second-order valence-corrected chi connectivity index (χ2v) is 6.30. The van der Waals surface area contributed by atoms with Gasteiger partial charge in [-0.25, -0.2) is 4.98 Å². The zero-order valence-corrected chi connectivity index (χ0v) is 12.4. The number of hydrogen-bond acceptors (Lipinski definition) is 3. The van der Waals surface area contributed by atoms with Crippen LogP contribution >= 0.6 is 15.9 Å². The normalized spacial score (nSPS) is 27.0. The second kappa shape index (κ2) is 5.59. The van der Waals surface area contributed by atoms with Gasteiger partial charge in [0.1, 0.15) is 5.69 Å². The molecule has 1 amide bonds. The summed E-state index contributed by atoms with van der Waals surface area (Å²) < 4.78 is 0.892. The van der Waals surface area contributed by atoms with Crippen molar-refractivity contribution in [2.75, 3.05) is 13.1 Å². The minimum absolute atomic E-state index is 0.0519. The Bertz CT molecular complexity index is 462. The maximum absolute atomic E-state index is 12.1. The molecule has 19 heavy (non-hydrogen) atoms. The average Bonchev–Trinajstić information content (AvgIpc) is 2.87. The Labute approximate surface area is 121 Å². The number of hydrogen-bond donors (Lipinski definition) is 1. The number of pyridine rings is 1. The Kier molecular flexibility index (Phi) is 3.84. The molecule has 0 aliphatic carbocycles. The van der Waals surface area contributed by atoms with Crippen molar-refractivity contribution >= 4 is 21.8 Å². The number of carbonyl (C=O) groups is 1. The molecule has 0 spiro atoms. The molecule has 0 bridgehead atoms. The second-order valence-electron chi connectivity index (χ2n) is 5.39. The summed E-state index contributed by atoms with van der Waals surface area (Å²) in [5.74, 6) is -0.0519. The minimum Gasteiger partial charge on any atom is -0.348 e. The molecule has 0 aromatic carbocycles. The molecular formula is C14H18BrN3O. The number of rotatable bonds is 2. The highest BCUT2D eigenvalue weighted by molar-refractivity contribution is 9.10. The molecule has 2 aliphatic heterocycles. The molecule has 102 valence electrons. The lowest BCUT2D eigenvalue weighted by Crippen LogP contribution is -2.47. The molecule has 0 saturated carbocycles. The van der Waals surface area contributed by atoms with Crippen LogP contribution in [-0.4, -0.2) is 41.0 Å². The fourth-order valence-electron chi connectivity index (χ4n) is 3.12. The predicted molar refractivity (Wildman–Crippen MR) is 77.0 cm³/mol. The van der Waals surface area contributed by atoms with Gasteiger partial charge in [0.05, 0.1) is 0 Å². The lowest BCUT2D eigenvalue weighted by Gasteiger charge is -2.35. The van der Waals surface area contributed by atoms with Crippen LogP contribution in [0.5, 0.6) is 0 Å². The highest BCUT2D eigenvalue weighted by Crippen LogP contribution is 2.26. The summed E-state index contributed by atoms with van der Waals surface area (Å²) in [5, 5.41) is 3.12. The summed E-state index contributed by atoms with van der Waals surface area (Å²) in [7, 11) is 0. The molecule has 2 unspecified atom stereocenters. The van der Waals surface area contributed by atoms with Crippen molar-refractivity contribution in [3.63, 3.8) is 0 Å². The van der Waals surface area contributed by atoms with E-state index >= 15 is 0 Å². The molecule has 4 nitrogen and oxygen atoms in total. The van der Waals surface area contributed by atoms with Crippen LogP contribution in [-0.2, 0) is 0 Å². The van der Waals surface area contributed by atoms with Crippen LogP contribution in [0.4, 0.5) is 0 Å². The van der Waals surface area contributed by atoms with Gasteiger partial charge in [-0.05, 0) is 60.3 Å². The Hall–Kier alpha value is -0.940. The fourth-order valence-corrected chi connectivity index (χ4v) is 3.36. The summed E-state index contributed by atoms with van der Waals surface area (Å²) in [6.45, 7) is 2.35. The van der Waals surface area contributed by atoms with Crippen LogP contribution in [0, 0.1) is 0 Å². The molecule has 3 heterocycles. The van der Waals surface area contributed by atoms with Gasteiger partial charge < -0.3 is 10.2 Å². The fraction of sp³-hybridized carbons (Fsp3) is 0.571. The van der Waals surface area contributed by atoms with Crippen LogP contribution in [0.3, 0.4) is 0 Å². The lowest BCUT2D eigenvalue weighted by atomic mass is 9.97. The van der Waals surface area contributed by atoms with Gasteiger partial charge >= 0.3 is 0 Å². The van der Waals surface area contributed by atoms with Crippen LogP contribution in [0.2, 0.25) is 0 Å². The highest BCUT2D eigenvalue weighted by atomic mass is 79.9. The Morgan fingerprint density at radius 2 is 2.26 bits per heavy atom. The largest absolute Gasteiger partial charge is 0.348 e. The Balaban J connectivity index is 1.59. The molecule has 3 rings (SSSR count). The monoisotopic (exact) mass is 323 g/mol. The number of amides is 1. The maximum Gasteiger partial charge on any atom is 0.270 e. The first-order valence-corrected chi connectivity index (χ1v) is 7.68. The third-order valence-electron chi connectivity index (χ3n) is 4.12. The van der Waals surface area contributed by atoms with E-state index in [4.69, 9.17) is 0 Å². The molecular weight excluding hydrogens is 306 g/mol. The van der Waals surface area contributed by atoms with E-state index in [1.807, 2.05) is 6.07 Å². The molecule has 1 aromatic rings. The van der Waals surface area contributed by atoms with Gasteiger partial charge in [0.15, 0.2) is 0 Å². The summed E-state index contributed by atoms with van der Waals surface area (Å²) in [5.41, 5.74) is 0.497. The quantitative estimate of drug-likeness (QED) is 0.907. The van der Waals surface area contributed by atoms with Gasteiger partial charge in [-0.2, -0.15) is 0 Å². The van der Waals surface area contributed by atoms with E-state index in [1.165, 1.54) is 19.4 Å². The van der Waals surface area contributed by atoms with E-state index in [1.54, 1.807) is 12.3 Å². The van der Waals surface area contributed by atoms with Crippen LogP contribution in [0.15, 0.2) is 22.8 Å². The number of carbonyl (C=O) groups excluding carboxylic acids is 1. The van der Waals surface area contributed by atoms with Gasteiger partial charge in [0.2, 0.25) is 0 Å². The molecule has 2 aliphatic rings. The van der Waals surface area contributed by atoms with E-state index < -0.39 is 0 Å². The molecule has 0 radical (unpaired) electrons. The number of nitrogens with one attached hydrogen (secondary N) is 1. The van der Waals surface area contributed by atoms with Gasteiger partial charge in [0.25, 0.3) is 5.91 Å². The third kappa shape index (κ3) is 2.98. The highest BCUT2D eigenvalue weighted by Gasteiger charge is 2.32. The van der Waals surface area contributed by atoms with Crippen molar-refractivity contribution in [1.29, 1.82) is 0 Å². The maximum atomic E-state index is 12.1. The summed E-state index contributed by atoms with van der Waals surface area (Å²) in [4.78, 5) is 18.8. The van der Waals surface area contributed by atoms with Crippen molar-refractivity contribution < 1.29 is 4.79 Å². The van der Waals surface area contributed by atoms with Crippen molar-refractivity contribution in [1.82, 2.24) is 15.2 Å². The summed E-state index contributed by atoms with van der Waals surface area (Å²) in [6.07, 6.45) is 6.39. The number of aromatic nitrogens is 1. The third-order valence-corrected chi connectivity index (χ3v) is 4.58. The lowest BCUT2D eigenvalue weighted by molar-refractivity contribution is 0.0891. The SMILES string of the molecule is O=C(NC1CCN2CCCC2C1)c1ccc(Br)cn1. The standard InChI is InChI=1S/C14H18BrN3O/c15-10-3-4-13(16-9-10)14(19)17-11-5-7-18-6-1-2-12(18)8-11/h3-4,9,11-12H,1-2,5-8H2,(H,17,19). The molecule has 2 saturated heterocycles. The van der Waals surface area contributed by atoms with Crippen molar-refractivity contribution in [3.8, 4) is 0 Å². The minimum atomic E-state index is -0.0519. The van der Waals surface area contributed by atoms with E-state index in [0.29, 0.717) is 17.8 Å². The Morgan fingerprint density at radius 3 is 3.05 bits per heavy atom. The predicted octanol–water partition coefficient (Wildman–Crippen LogP) is 2.20. The van der Waals surface area contributed by atoms with E-state index in [-0.39, 0.29) is 5.91 Å². The summed E-state index contributed by atoms with van der Waals surface area (Å²) >= 11 is 3.32. The topological polar surface area (TPSA) is 45.2 Å². The van der Waals surface area contributed by atoms with E-state index in [2.05, 4.69) is 31.1 Å². The van der Waals surface area contributed by atoms with Crippen LogP contribution in [0.25, 0.3) is 0 Å². The van der Waals surface area contributed by atoms with Crippen molar-refractivity contribution in [2.45, 2.75) is 37.8 Å². The Morgan fingerprint density at radius 1 is 1.37 bits per heavy atom. The first-order valence-electron chi connectivity index (χ1n) is 6.89. The van der Waals surface area contributed by atoms with Crippen molar-refractivity contribution in [2.24, 2.45) is 0 Å². The number of nitrogens with zero attached hydrogens (tertiary/aromatic N) is 2. The van der Waals surface area contributed by atoms with Crippen LogP contribution < -0.4 is 5.32 Å². The molecule has 1 aromatic heterocycles. The number of fused-ring (bicyclic) bond motifs is 1. The molecule has 2 atom stereocenters. The van der Waals surface area contributed by atoms with Crippen molar-refractivity contribution in [3.05, 3.63) is 28.5 Å². The number of halogens is 1. The zero-order chi connectivity index (χ0) is 13.2. The molecule has 2 fully saturated rings. The van der Waals surface area contributed by atoms with Crippen LogP contribution in [0.1, 0.15) is 36.2 Å². The van der Waals surface area contributed by atoms with Gasteiger partial charge in [-0.3, -0.25) is 4.79 Å². The first kappa shape index (κ1) is 13.1. The number of piperidine rings is 1. The van der Waals surface area contributed by atoms with Gasteiger partial charge in [0, 0.05) is 29.3 Å². The van der Waals surface area contributed by atoms with Gasteiger partial charge in [-0.1, -0.05) is 0 Å².